The predicted octanol–water partition coefficient (Wildman–Crippen LogP) is 4.67. The molecule has 1 N–H and O–H groups in total. The van der Waals surface area contributed by atoms with Crippen molar-refractivity contribution in [3.63, 3.8) is 0 Å². The lowest BCUT2D eigenvalue weighted by Gasteiger charge is -2.13. The molecule has 0 fully saturated rings. The van der Waals surface area contributed by atoms with Crippen molar-refractivity contribution >= 4 is 37.4 Å². The molecule has 7 nitrogen and oxygen atoms in total. The molecule has 9 heteroatoms. The van der Waals surface area contributed by atoms with Crippen LogP contribution in [0.1, 0.15) is 12.6 Å². The fourth-order valence-electron chi connectivity index (χ4n) is 3.18. The average molecular weight is 487 g/mol. The van der Waals surface area contributed by atoms with Crippen molar-refractivity contribution in [3.8, 4) is 17.0 Å². The number of hydrogen-bond acceptors (Lipinski definition) is 5. The molecule has 0 amide bonds. The zero-order chi connectivity index (χ0) is 21.3. The van der Waals surface area contributed by atoms with Crippen molar-refractivity contribution in [1.82, 2.24) is 14.4 Å². The molecule has 0 atom stereocenters. The van der Waals surface area contributed by atoms with E-state index < -0.39 is 10.0 Å². The standard InChI is InChI=1S/C21H19BrN4O3S/c1-3-29-18-9-8-16(22)13-19(18)30(27,28)25-17-7-4-6-15(12-17)20-14(2)26-11-5-10-23-21(26)24-20/h4-13,25H,3H2,1-2H3. The number of halogens is 1. The van der Waals surface area contributed by atoms with Crippen molar-refractivity contribution in [2.45, 2.75) is 18.7 Å². The van der Waals surface area contributed by atoms with Crippen molar-refractivity contribution in [3.05, 3.63) is 71.1 Å². The molecule has 4 aromatic rings. The molecule has 0 bridgehead atoms. The summed E-state index contributed by atoms with van der Waals surface area (Å²) in [6.45, 7) is 4.12. The zero-order valence-electron chi connectivity index (χ0n) is 16.3. The van der Waals surface area contributed by atoms with E-state index in [2.05, 4.69) is 30.6 Å². The maximum atomic E-state index is 13.1. The van der Waals surface area contributed by atoms with Gasteiger partial charge in [0.25, 0.3) is 10.0 Å². The Hall–Kier alpha value is -2.91. The smallest absolute Gasteiger partial charge is 0.265 e. The average Bonchev–Trinajstić information content (AvgIpc) is 3.06. The van der Waals surface area contributed by atoms with Crippen molar-refractivity contribution in [2.75, 3.05) is 11.3 Å². The molecule has 0 aliphatic carbocycles. The molecule has 2 aromatic heterocycles. The van der Waals surface area contributed by atoms with E-state index in [1.807, 2.05) is 29.7 Å². The van der Waals surface area contributed by atoms with Crippen LogP contribution >= 0.6 is 15.9 Å². The van der Waals surface area contributed by atoms with Crippen LogP contribution in [0.3, 0.4) is 0 Å². The minimum atomic E-state index is -3.87. The molecule has 0 radical (unpaired) electrons. The molecular formula is C21H19BrN4O3S. The van der Waals surface area contributed by atoms with Crippen LogP contribution in [0.4, 0.5) is 5.69 Å². The van der Waals surface area contributed by atoms with Gasteiger partial charge in [-0.05, 0) is 50.2 Å². The third-order valence-corrected chi connectivity index (χ3v) is 6.42. The molecule has 0 spiro atoms. The molecule has 2 aromatic carbocycles. The summed E-state index contributed by atoms with van der Waals surface area (Å²) in [6.07, 6.45) is 3.58. The Morgan fingerprint density at radius 1 is 1.17 bits per heavy atom. The molecule has 0 aliphatic heterocycles. The Kier molecular flexibility index (Phi) is 5.48. The number of hydrogen-bond donors (Lipinski definition) is 1. The van der Waals surface area contributed by atoms with Crippen LogP contribution in [0.5, 0.6) is 5.75 Å². The second-order valence-electron chi connectivity index (χ2n) is 6.55. The predicted molar refractivity (Wildman–Crippen MR) is 119 cm³/mol. The SMILES string of the molecule is CCOc1ccc(Br)cc1S(=O)(=O)Nc1cccc(-c2nc3ncccn3c2C)c1. The van der Waals surface area contributed by atoms with E-state index in [1.54, 1.807) is 43.5 Å². The lowest BCUT2D eigenvalue weighted by Crippen LogP contribution is -2.14. The van der Waals surface area contributed by atoms with E-state index in [4.69, 9.17) is 4.74 Å². The topological polar surface area (TPSA) is 85.6 Å². The summed E-state index contributed by atoms with van der Waals surface area (Å²) in [5.74, 6) is 0.887. The van der Waals surface area contributed by atoms with Gasteiger partial charge in [-0.3, -0.25) is 9.12 Å². The lowest BCUT2D eigenvalue weighted by molar-refractivity contribution is 0.331. The number of nitrogens with one attached hydrogen (secondary N) is 1. The second kappa shape index (κ2) is 8.08. The first-order chi connectivity index (χ1) is 14.4. The van der Waals surface area contributed by atoms with Gasteiger partial charge in [0, 0.05) is 33.8 Å². The molecule has 154 valence electrons. The zero-order valence-corrected chi connectivity index (χ0v) is 18.7. The summed E-state index contributed by atoms with van der Waals surface area (Å²) >= 11 is 3.33. The van der Waals surface area contributed by atoms with Gasteiger partial charge in [-0.2, -0.15) is 0 Å². The molecule has 0 saturated carbocycles. The minimum Gasteiger partial charge on any atom is -0.492 e. The Morgan fingerprint density at radius 3 is 2.77 bits per heavy atom. The van der Waals surface area contributed by atoms with E-state index in [1.165, 1.54) is 6.07 Å². The van der Waals surface area contributed by atoms with Crippen molar-refractivity contribution in [1.29, 1.82) is 0 Å². The Labute approximate surface area is 182 Å². The number of anilines is 1. The highest BCUT2D eigenvalue weighted by atomic mass is 79.9. The maximum absolute atomic E-state index is 13.1. The number of rotatable bonds is 6. The number of benzene rings is 2. The first kappa shape index (κ1) is 20.4. The summed E-state index contributed by atoms with van der Waals surface area (Å²) in [5.41, 5.74) is 2.88. The van der Waals surface area contributed by atoms with Gasteiger partial charge in [0.15, 0.2) is 0 Å². The summed E-state index contributed by atoms with van der Waals surface area (Å²) < 4.78 is 36.8. The van der Waals surface area contributed by atoms with E-state index in [0.29, 0.717) is 28.3 Å². The van der Waals surface area contributed by atoms with E-state index in [-0.39, 0.29) is 4.90 Å². The van der Waals surface area contributed by atoms with Crippen LogP contribution in [-0.2, 0) is 10.0 Å². The highest BCUT2D eigenvalue weighted by Gasteiger charge is 2.21. The monoisotopic (exact) mass is 486 g/mol. The van der Waals surface area contributed by atoms with Gasteiger partial charge < -0.3 is 4.74 Å². The number of ether oxygens (including phenoxy) is 1. The Morgan fingerprint density at radius 2 is 2.00 bits per heavy atom. The molecular weight excluding hydrogens is 468 g/mol. The van der Waals surface area contributed by atoms with Crippen molar-refractivity contribution in [2.24, 2.45) is 0 Å². The maximum Gasteiger partial charge on any atom is 0.265 e. The van der Waals surface area contributed by atoms with Gasteiger partial charge in [-0.15, -0.1) is 0 Å². The second-order valence-corrected chi connectivity index (χ2v) is 9.11. The Bertz CT molecular complexity index is 1340. The van der Waals surface area contributed by atoms with Gasteiger partial charge in [0.1, 0.15) is 10.6 Å². The normalized spacial score (nSPS) is 11.6. The Balaban J connectivity index is 1.71. The molecule has 0 unspecified atom stereocenters. The third-order valence-electron chi connectivity index (χ3n) is 4.53. The van der Waals surface area contributed by atoms with E-state index >= 15 is 0 Å². The first-order valence-electron chi connectivity index (χ1n) is 9.24. The lowest BCUT2D eigenvalue weighted by atomic mass is 10.1. The van der Waals surface area contributed by atoms with Crippen LogP contribution in [-0.4, -0.2) is 29.4 Å². The highest BCUT2D eigenvalue weighted by molar-refractivity contribution is 9.10. The van der Waals surface area contributed by atoms with Crippen LogP contribution in [0.2, 0.25) is 0 Å². The van der Waals surface area contributed by atoms with Gasteiger partial charge >= 0.3 is 0 Å². The summed E-state index contributed by atoms with van der Waals surface area (Å²) in [5, 5.41) is 0. The number of aryl methyl sites for hydroxylation is 1. The fraction of sp³-hybridized carbons (Fsp3) is 0.143. The molecule has 30 heavy (non-hydrogen) atoms. The summed E-state index contributed by atoms with van der Waals surface area (Å²) in [4.78, 5) is 8.91. The van der Waals surface area contributed by atoms with Gasteiger partial charge in [-0.25, -0.2) is 18.4 Å². The van der Waals surface area contributed by atoms with Crippen LogP contribution in [0, 0.1) is 6.92 Å². The number of fused-ring (bicyclic) bond motifs is 1. The first-order valence-corrected chi connectivity index (χ1v) is 11.5. The molecule has 0 saturated heterocycles. The van der Waals surface area contributed by atoms with Crippen LogP contribution in [0.15, 0.2) is 70.3 Å². The van der Waals surface area contributed by atoms with Crippen molar-refractivity contribution < 1.29 is 13.2 Å². The number of imidazole rings is 1. The molecule has 2 heterocycles. The third kappa shape index (κ3) is 3.90. The van der Waals surface area contributed by atoms with Gasteiger partial charge in [-0.1, -0.05) is 28.1 Å². The van der Waals surface area contributed by atoms with Gasteiger partial charge in [0.05, 0.1) is 12.3 Å². The minimum absolute atomic E-state index is 0.0669. The largest absolute Gasteiger partial charge is 0.492 e. The van der Waals surface area contributed by atoms with Crippen LogP contribution < -0.4 is 9.46 Å². The molecule has 0 aliphatic rings. The summed E-state index contributed by atoms with van der Waals surface area (Å²) in [7, 11) is -3.87. The number of aromatic nitrogens is 3. The molecule has 4 rings (SSSR count). The quantitative estimate of drug-likeness (QED) is 0.428. The highest BCUT2D eigenvalue weighted by Crippen LogP contribution is 2.31. The number of sulfonamides is 1. The van der Waals surface area contributed by atoms with E-state index in [9.17, 15) is 8.42 Å². The number of nitrogens with zero attached hydrogens (tertiary/aromatic N) is 3. The fourth-order valence-corrected chi connectivity index (χ4v) is 4.92. The van der Waals surface area contributed by atoms with E-state index in [0.717, 1.165) is 17.0 Å². The summed E-state index contributed by atoms with van der Waals surface area (Å²) in [6, 6.07) is 13.9. The van der Waals surface area contributed by atoms with Crippen LogP contribution in [0.25, 0.3) is 17.0 Å². The van der Waals surface area contributed by atoms with Gasteiger partial charge in [0.2, 0.25) is 5.78 Å².